The van der Waals surface area contributed by atoms with Gasteiger partial charge in [0.2, 0.25) is 0 Å². The van der Waals surface area contributed by atoms with Crippen LogP contribution in [0.3, 0.4) is 0 Å². The lowest BCUT2D eigenvalue weighted by molar-refractivity contribution is -0.118. The number of hydrogen-bond acceptors (Lipinski definition) is 4. The van der Waals surface area contributed by atoms with E-state index in [1.165, 1.54) is 7.11 Å². The maximum absolute atomic E-state index is 11.9. The number of carbonyl (C=O) groups is 1. The largest absolute Gasteiger partial charge is 0.493 e. The summed E-state index contributed by atoms with van der Waals surface area (Å²) in [5, 5.41) is 2.67. The number of ether oxygens (including phenoxy) is 2. The number of aryl methyl sites for hydroxylation is 2. The van der Waals surface area contributed by atoms with Crippen LogP contribution in [0, 0.1) is 13.8 Å². The number of pyridine rings is 1. The topological polar surface area (TPSA) is 60.5 Å². The number of methoxy groups -OCH3 is 1. The van der Waals surface area contributed by atoms with Crippen LogP contribution < -0.4 is 14.8 Å². The third kappa shape index (κ3) is 3.95. The number of anilines is 1. The van der Waals surface area contributed by atoms with Gasteiger partial charge in [-0.1, -0.05) is 12.1 Å². The van der Waals surface area contributed by atoms with Crippen molar-refractivity contribution in [1.82, 2.24) is 4.98 Å². The zero-order chi connectivity index (χ0) is 15.2. The molecule has 1 aromatic heterocycles. The Morgan fingerprint density at radius 3 is 2.81 bits per heavy atom. The zero-order valence-corrected chi connectivity index (χ0v) is 12.3. The second-order valence-electron chi connectivity index (χ2n) is 4.66. The standard InChI is InChI=1S/C16H18N2O3/c1-11-6-7-12(2)14(9-11)21-10-15(19)18-16-13(20-3)5-4-8-17-16/h4-9H,10H2,1-3H3,(H,17,18,19). The van der Waals surface area contributed by atoms with Gasteiger partial charge in [-0.2, -0.15) is 0 Å². The lowest BCUT2D eigenvalue weighted by Gasteiger charge is -2.11. The molecule has 0 aliphatic heterocycles. The molecule has 110 valence electrons. The Labute approximate surface area is 123 Å². The van der Waals surface area contributed by atoms with E-state index in [-0.39, 0.29) is 12.5 Å². The van der Waals surface area contributed by atoms with Gasteiger partial charge in [-0.15, -0.1) is 0 Å². The number of amides is 1. The minimum atomic E-state index is -0.284. The van der Waals surface area contributed by atoms with E-state index < -0.39 is 0 Å². The van der Waals surface area contributed by atoms with Gasteiger partial charge in [0.05, 0.1) is 7.11 Å². The molecule has 1 amide bonds. The van der Waals surface area contributed by atoms with Crippen LogP contribution in [-0.4, -0.2) is 24.6 Å². The molecule has 0 unspecified atom stereocenters. The molecule has 0 saturated heterocycles. The first-order chi connectivity index (χ1) is 10.1. The Balaban J connectivity index is 1.97. The van der Waals surface area contributed by atoms with Crippen molar-refractivity contribution in [2.75, 3.05) is 19.0 Å². The molecule has 5 heteroatoms. The summed E-state index contributed by atoms with van der Waals surface area (Å²) < 4.78 is 10.7. The molecule has 0 aliphatic carbocycles. The highest BCUT2D eigenvalue weighted by molar-refractivity contribution is 5.92. The van der Waals surface area contributed by atoms with Crippen molar-refractivity contribution in [1.29, 1.82) is 0 Å². The molecule has 1 N–H and O–H groups in total. The van der Waals surface area contributed by atoms with Gasteiger partial charge in [0.15, 0.2) is 18.2 Å². The predicted molar refractivity (Wildman–Crippen MR) is 80.8 cm³/mol. The summed E-state index contributed by atoms with van der Waals surface area (Å²) in [5.74, 6) is 1.32. The van der Waals surface area contributed by atoms with Gasteiger partial charge < -0.3 is 14.8 Å². The van der Waals surface area contributed by atoms with Crippen molar-refractivity contribution in [2.24, 2.45) is 0 Å². The Kier molecular flexibility index (Phi) is 4.77. The second kappa shape index (κ2) is 6.74. The van der Waals surface area contributed by atoms with E-state index >= 15 is 0 Å². The minimum absolute atomic E-state index is 0.0793. The highest BCUT2D eigenvalue weighted by Gasteiger charge is 2.09. The number of nitrogens with one attached hydrogen (secondary N) is 1. The van der Waals surface area contributed by atoms with Crippen LogP contribution in [-0.2, 0) is 4.79 Å². The molecule has 1 heterocycles. The van der Waals surface area contributed by atoms with Crippen molar-refractivity contribution in [3.05, 3.63) is 47.7 Å². The summed E-state index contributed by atoms with van der Waals surface area (Å²) in [7, 11) is 1.53. The molecule has 2 rings (SSSR count). The van der Waals surface area contributed by atoms with Gasteiger partial charge in [0, 0.05) is 6.20 Å². The van der Waals surface area contributed by atoms with Crippen molar-refractivity contribution in [3.8, 4) is 11.5 Å². The van der Waals surface area contributed by atoms with E-state index in [9.17, 15) is 4.79 Å². The SMILES string of the molecule is COc1cccnc1NC(=O)COc1cc(C)ccc1C. The van der Waals surface area contributed by atoms with E-state index in [1.807, 2.05) is 32.0 Å². The number of carbonyl (C=O) groups excluding carboxylic acids is 1. The van der Waals surface area contributed by atoms with Gasteiger partial charge in [-0.25, -0.2) is 4.98 Å². The van der Waals surface area contributed by atoms with Gasteiger partial charge in [-0.3, -0.25) is 4.79 Å². The van der Waals surface area contributed by atoms with Crippen LogP contribution in [0.25, 0.3) is 0 Å². The first kappa shape index (κ1) is 14.8. The molecule has 0 saturated carbocycles. The smallest absolute Gasteiger partial charge is 0.263 e. The summed E-state index contributed by atoms with van der Waals surface area (Å²) in [6, 6.07) is 9.34. The van der Waals surface area contributed by atoms with Crippen LogP contribution in [0.4, 0.5) is 5.82 Å². The van der Waals surface area contributed by atoms with E-state index in [0.29, 0.717) is 17.3 Å². The molecule has 0 fully saturated rings. The normalized spacial score (nSPS) is 10.0. The Morgan fingerprint density at radius 1 is 1.24 bits per heavy atom. The molecule has 0 radical (unpaired) electrons. The zero-order valence-electron chi connectivity index (χ0n) is 12.3. The van der Waals surface area contributed by atoms with E-state index in [2.05, 4.69) is 10.3 Å². The molecule has 21 heavy (non-hydrogen) atoms. The fourth-order valence-electron chi connectivity index (χ4n) is 1.82. The number of aromatic nitrogens is 1. The average Bonchev–Trinajstić information content (AvgIpc) is 2.49. The highest BCUT2D eigenvalue weighted by atomic mass is 16.5. The molecule has 0 bridgehead atoms. The molecular formula is C16H18N2O3. The Bertz CT molecular complexity index is 641. The molecule has 5 nitrogen and oxygen atoms in total. The highest BCUT2D eigenvalue weighted by Crippen LogP contribution is 2.21. The van der Waals surface area contributed by atoms with Crippen LogP contribution in [0.15, 0.2) is 36.5 Å². The number of hydrogen-bond donors (Lipinski definition) is 1. The molecule has 0 atom stereocenters. The lowest BCUT2D eigenvalue weighted by Crippen LogP contribution is -2.21. The van der Waals surface area contributed by atoms with Gasteiger partial charge in [0.1, 0.15) is 5.75 Å². The number of rotatable bonds is 5. The van der Waals surface area contributed by atoms with Crippen LogP contribution >= 0.6 is 0 Å². The van der Waals surface area contributed by atoms with E-state index in [1.54, 1.807) is 18.3 Å². The average molecular weight is 286 g/mol. The summed E-state index contributed by atoms with van der Waals surface area (Å²) in [5.41, 5.74) is 2.08. The van der Waals surface area contributed by atoms with Gasteiger partial charge in [0.25, 0.3) is 5.91 Å². The first-order valence-corrected chi connectivity index (χ1v) is 6.59. The third-order valence-electron chi connectivity index (χ3n) is 2.95. The maximum Gasteiger partial charge on any atom is 0.263 e. The fourth-order valence-corrected chi connectivity index (χ4v) is 1.82. The van der Waals surface area contributed by atoms with Crippen molar-refractivity contribution >= 4 is 11.7 Å². The van der Waals surface area contributed by atoms with Crippen LogP contribution in [0.1, 0.15) is 11.1 Å². The molecule has 0 aliphatic rings. The lowest BCUT2D eigenvalue weighted by atomic mass is 10.1. The van der Waals surface area contributed by atoms with Crippen molar-refractivity contribution in [3.63, 3.8) is 0 Å². The number of benzene rings is 1. The summed E-state index contributed by atoms with van der Waals surface area (Å²) in [6.07, 6.45) is 1.59. The van der Waals surface area contributed by atoms with E-state index in [4.69, 9.17) is 9.47 Å². The Hall–Kier alpha value is -2.56. The van der Waals surface area contributed by atoms with Crippen molar-refractivity contribution in [2.45, 2.75) is 13.8 Å². The minimum Gasteiger partial charge on any atom is -0.493 e. The predicted octanol–water partition coefficient (Wildman–Crippen LogP) is 2.72. The fraction of sp³-hybridized carbons (Fsp3) is 0.250. The third-order valence-corrected chi connectivity index (χ3v) is 2.95. The van der Waals surface area contributed by atoms with Crippen LogP contribution in [0.5, 0.6) is 11.5 Å². The first-order valence-electron chi connectivity index (χ1n) is 6.59. The summed E-state index contributed by atoms with van der Waals surface area (Å²) in [4.78, 5) is 16.0. The summed E-state index contributed by atoms with van der Waals surface area (Å²) in [6.45, 7) is 3.84. The monoisotopic (exact) mass is 286 g/mol. The second-order valence-corrected chi connectivity index (χ2v) is 4.66. The molecule has 1 aromatic carbocycles. The van der Waals surface area contributed by atoms with Gasteiger partial charge in [-0.05, 0) is 43.2 Å². The summed E-state index contributed by atoms with van der Waals surface area (Å²) >= 11 is 0. The molecule has 0 spiro atoms. The van der Waals surface area contributed by atoms with Crippen LogP contribution in [0.2, 0.25) is 0 Å². The Morgan fingerprint density at radius 2 is 2.05 bits per heavy atom. The number of nitrogens with zero attached hydrogens (tertiary/aromatic N) is 1. The van der Waals surface area contributed by atoms with Gasteiger partial charge >= 0.3 is 0 Å². The quantitative estimate of drug-likeness (QED) is 0.918. The van der Waals surface area contributed by atoms with Crippen molar-refractivity contribution < 1.29 is 14.3 Å². The van der Waals surface area contributed by atoms with E-state index in [0.717, 1.165) is 11.1 Å². The molecule has 2 aromatic rings. The maximum atomic E-state index is 11.9. The molecular weight excluding hydrogens is 268 g/mol.